The summed E-state index contributed by atoms with van der Waals surface area (Å²) in [4.78, 5) is 17.8. The van der Waals surface area contributed by atoms with Crippen molar-refractivity contribution in [1.82, 2.24) is 4.98 Å². The molecule has 0 saturated heterocycles. The highest BCUT2D eigenvalue weighted by atomic mass is 35.5. The van der Waals surface area contributed by atoms with Gasteiger partial charge in [0.25, 0.3) is 5.91 Å². The fourth-order valence-corrected chi connectivity index (χ4v) is 3.03. The lowest BCUT2D eigenvalue weighted by Gasteiger charge is -2.18. The first-order valence-corrected chi connectivity index (χ1v) is 10.5. The minimum absolute atomic E-state index is 0.0622. The first-order valence-electron chi connectivity index (χ1n) is 9.73. The van der Waals surface area contributed by atoms with Crippen molar-refractivity contribution < 1.29 is 33.0 Å². The molecule has 0 aliphatic rings. The Bertz CT molecular complexity index is 1130. The summed E-state index contributed by atoms with van der Waals surface area (Å²) in [6.45, 7) is 1.59. The summed E-state index contributed by atoms with van der Waals surface area (Å²) < 4.78 is 41.6. The van der Waals surface area contributed by atoms with Crippen molar-refractivity contribution >= 4 is 40.5 Å². The second-order valence-corrected chi connectivity index (χ2v) is 7.55. The highest BCUT2D eigenvalue weighted by molar-refractivity contribution is 6.31. The third-order valence-corrected chi connectivity index (χ3v) is 4.89. The maximum Gasteiger partial charge on any atom is 0.417 e. The lowest BCUT2D eigenvalue weighted by molar-refractivity contribution is -0.137. The Kier molecular flexibility index (Phi) is 11.8. The highest BCUT2D eigenvalue weighted by Gasteiger charge is 2.32. The molecule has 0 aliphatic carbocycles. The fourth-order valence-electron chi connectivity index (χ4n) is 2.65. The van der Waals surface area contributed by atoms with Gasteiger partial charge in [-0.25, -0.2) is 4.98 Å². The van der Waals surface area contributed by atoms with Crippen molar-refractivity contribution in [2.24, 2.45) is 0 Å². The van der Waals surface area contributed by atoms with E-state index in [4.69, 9.17) is 38.3 Å². The van der Waals surface area contributed by atoms with Crippen LogP contribution in [-0.2, 0) is 6.18 Å². The quantitative estimate of drug-likeness (QED) is 0.351. The smallest absolute Gasteiger partial charge is 0.417 e. The van der Waals surface area contributed by atoms with Gasteiger partial charge in [0.05, 0.1) is 28.4 Å². The predicted octanol–water partition coefficient (Wildman–Crippen LogP) is 6.10. The zero-order valence-electron chi connectivity index (χ0n) is 19.2. The number of nitrogens with one attached hydrogen (secondary N) is 1. The van der Waals surface area contributed by atoms with E-state index in [9.17, 15) is 18.0 Å². The molecule has 3 aromatic rings. The van der Waals surface area contributed by atoms with Gasteiger partial charge in [0, 0.05) is 32.1 Å². The van der Waals surface area contributed by atoms with E-state index in [0.717, 1.165) is 13.2 Å². The zero-order valence-corrected chi connectivity index (χ0v) is 20.7. The van der Waals surface area contributed by atoms with Crippen LogP contribution in [0, 0.1) is 6.92 Å². The number of nitrogens with zero attached hydrogens (tertiary/aromatic N) is 2. The molecule has 7 nitrogen and oxygen atoms in total. The molecular formula is C23H24Cl2F3N3O4. The molecule has 1 heterocycles. The average molecular weight is 534 g/mol. The number of amides is 1. The molecule has 1 aromatic heterocycles. The van der Waals surface area contributed by atoms with Crippen LogP contribution in [0.25, 0.3) is 0 Å². The normalized spacial score (nSPS) is 10.3. The van der Waals surface area contributed by atoms with Gasteiger partial charge in [-0.2, -0.15) is 13.2 Å². The number of carbonyl (C=O) groups excluding carboxylic acids is 1. The van der Waals surface area contributed by atoms with Crippen LogP contribution in [0.5, 0.6) is 5.75 Å². The first kappa shape index (κ1) is 30.0. The van der Waals surface area contributed by atoms with Crippen LogP contribution in [0.1, 0.15) is 21.6 Å². The summed E-state index contributed by atoms with van der Waals surface area (Å²) in [5.41, 5.74) is 2.54. The molecule has 0 unspecified atom stereocenters. The molecule has 0 spiro atoms. The topological polar surface area (TPSA) is 94.9 Å². The Balaban J connectivity index is 0.000000372. The number of benzene rings is 2. The minimum Gasteiger partial charge on any atom is -0.497 e. The molecule has 3 rings (SSSR count). The van der Waals surface area contributed by atoms with Crippen LogP contribution in [0.4, 0.5) is 24.5 Å². The summed E-state index contributed by atoms with van der Waals surface area (Å²) in [7, 11) is 4.16. The fraction of sp³-hybridized carbons (Fsp3) is 0.217. The van der Waals surface area contributed by atoms with Crippen molar-refractivity contribution in [2.75, 3.05) is 31.6 Å². The predicted molar refractivity (Wildman–Crippen MR) is 130 cm³/mol. The lowest BCUT2D eigenvalue weighted by atomic mass is 10.1. The summed E-state index contributed by atoms with van der Waals surface area (Å²) in [5.74, 6) is 0.244. The first-order chi connectivity index (χ1) is 16.5. The van der Waals surface area contributed by atoms with E-state index in [0.29, 0.717) is 22.0 Å². The van der Waals surface area contributed by atoms with Gasteiger partial charge in [-0.1, -0.05) is 40.9 Å². The number of pyridine rings is 1. The monoisotopic (exact) mass is 533 g/mol. The number of methoxy groups -OCH3 is 1. The number of alkyl halides is 3. The standard InChI is InChI=1S/C14H14ClN3O3.C8H6ClF3.CH4O/c1-18(10-4-3-5-11(7-10)21-2)14(19)13-12(17-20)6-9(15)8-16-13;1-5-2-3-7(9)6(4-5)8(10,11)12;1-2/h3-8,17,20H,1-2H3;2-4H,1H3;2H,1H3. The molecule has 35 heavy (non-hydrogen) atoms. The van der Waals surface area contributed by atoms with Gasteiger partial charge in [-0.3, -0.25) is 15.5 Å². The van der Waals surface area contributed by atoms with Crippen molar-refractivity contribution in [2.45, 2.75) is 13.1 Å². The van der Waals surface area contributed by atoms with Crippen LogP contribution in [0.2, 0.25) is 10.0 Å². The van der Waals surface area contributed by atoms with E-state index < -0.39 is 17.6 Å². The van der Waals surface area contributed by atoms with E-state index >= 15 is 0 Å². The van der Waals surface area contributed by atoms with E-state index in [1.165, 1.54) is 29.3 Å². The number of halogens is 5. The molecule has 0 fully saturated rings. The lowest BCUT2D eigenvalue weighted by Crippen LogP contribution is -2.28. The maximum atomic E-state index is 12.5. The van der Waals surface area contributed by atoms with Crippen LogP contribution in [-0.4, -0.2) is 42.5 Å². The Hall–Kier alpha value is -3.05. The van der Waals surface area contributed by atoms with Crippen molar-refractivity contribution in [3.63, 3.8) is 0 Å². The second kappa shape index (κ2) is 13.7. The van der Waals surface area contributed by atoms with Crippen LogP contribution < -0.4 is 15.1 Å². The Labute approximate surface area is 210 Å². The summed E-state index contributed by atoms with van der Waals surface area (Å²) in [5, 5.41) is 16.1. The molecule has 3 N–H and O–H groups in total. The average Bonchev–Trinajstić information content (AvgIpc) is 2.85. The van der Waals surface area contributed by atoms with Crippen LogP contribution in [0.3, 0.4) is 0 Å². The van der Waals surface area contributed by atoms with Gasteiger partial charge in [-0.05, 0) is 37.3 Å². The van der Waals surface area contributed by atoms with Crippen molar-refractivity contribution in [3.8, 4) is 5.75 Å². The van der Waals surface area contributed by atoms with Crippen molar-refractivity contribution in [1.29, 1.82) is 0 Å². The Morgan fingerprint density at radius 3 is 2.31 bits per heavy atom. The van der Waals surface area contributed by atoms with Gasteiger partial charge in [0.1, 0.15) is 5.75 Å². The molecule has 0 bridgehead atoms. The van der Waals surface area contributed by atoms with E-state index in [2.05, 4.69) is 4.98 Å². The highest BCUT2D eigenvalue weighted by Crippen LogP contribution is 2.34. The van der Waals surface area contributed by atoms with Gasteiger partial charge in [0.2, 0.25) is 0 Å². The molecule has 0 saturated carbocycles. The summed E-state index contributed by atoms with van der Waals surface area (Å²) in [6.07, 6.45) is -3.02. The Morgan fingerprint density at radius 1 is 1.11 bits per heavy atom. The summed E-state index contributed by atoms with van der Waals surface area (Å²) >= 11 is 11.1. The largest absolute Gasteiger partial charge is 0.497 e. The van der Waals surface area contributed by atoms with Crippen molar-refractivity contribution in [3.05, 3.63) is 81.6 Å². The van der Waals surface area contributed by atoms with Gasteiger partial charge in [-0.15, -0.1) is 0 Å². The number of aliphatic hydroxyl groups is 1. The molecule has 0 aliphatic heterocycles. The van der Waals surface area contributed by atoms with Crippen LogP contribution in [0.15, 0.2) is 54.7 Å². The molecule has 0 atom stereocenters. The number of hydrogen-bond donors (Lipinski definition) is 3. The Morgan fingerprint density at radius 2 is 1.77 bits per heavy atom. The number of aromatic nitrogens is 1. The van der Waals surface area contributed by atoms with E-state index in [1.807, 2.05) is 5.48 Å². The van der Waals surface area contributed by atoms with Gasteiger partial charge >= 0.3 is 6.18 Å². The molecule has 2 aromatic carbocycles. The van der Waals surface area contributed by atoms with Gasteiger partial charge in [0.15, 0.2) is 5.69 Å². The molecular weight excluding hydrogens is 510 g/mol. The second-order valence-electron chi connectivity index (χ2n) is 6.71. The zero-order chi connectivity index (χ0) is 26.8. The number of anilines is 2. The molecule has 190 valence electrons. The maximum absolute atomic E-state index is 12.5. The third kappa shape index (κ3) is 8.59. The number of ether oxygens (including phenoxy) is 1. The third-order valence-electron chi connectivity index (χ3n) is 4.35. The SMILES string of the molecule is CO.COc1cccc(N(C)C(=O)c2ncc(Cl)cc2NO)c1.Cc1ccc(Cl)c(C(F)(F)F)c1. The number of hydrogen-bond acceptors (Lipinski definition) is 6. The van der Waals surface area contributed by atoms with Gasteiger partial charge < -0.3 is 14.7 Å². The molecule has 0 radical (unpaired) electrons. The number of carbonyl (C=O) groups is 1. The minimum atomic E-state index is -4.36. The van der Waals surface area contributed by atoms with Crippen LogP contribution >= 0.6 is 23.2 Å². The molecule has 12 heteroatoms. The van der Waals surface area contributed by atoms with E-state index in [1.54, 1.807) is 45.3 Å². The van der Waals surface area contributed by atoms with E-state index in [-0.39, 0.29) is 16.4 Å². The number of aryl methyl sites for hydroxylation is 1. The summed E-state index contributed by atoms with van der Waals surface area (Å²) in [6, 6.07) is 12.3. The number of rotatable bonds is 4. The molecule has 1 amide bonds. The number of aliphatic hydroxyl groups excluding tert-OH is 1.